The number of nitrogens with zero attached hydrogens (tertiary/aromatic N) is 4. The molecule has 0 spiro atoms. The molecule has 1 aliphatic rings. The molecule has 10 heteroatoms. The minimum Gasteiger partial charge on any atom is -0.410 e. The van der Waals surface area contributed by atoms with Crippen LogP contribution in [0.1, 0.15) is 12.8 Å². The number of aromatic nitrogens is 2. The number of benzene rings is 2. The molecule has 0 unspecified atom stereocenters. The van der Waals surface area contributed by atoms with E-state index in [9.17, 15) is 9.59 Å². The third kappa shape index (κ3) is 5.98. The lowest BCUT2D eigenvalue weighted by molar-refractivity contribution is 0.0595. The van der Waals surface area contributed by atoms with Gasteiger partial charge < -0.3 is 24.6 Å². The summed E-state index contributed by atoms with van der Waals surface area (Å²) in [5.41, 5.74) is 2.57. The fourth-order valence-electron chi connectivity index (χ4n) is 3.86. The number of carbonyl (C=O) groups is 1. The highest BCUT2D eigenvalue weighted by Gasteiger charge is 2.16. The molecule has 1 N–H and O–H groups in total. The first kappa shape index (κ1) is 25.5. The van der Waals surface area contributed by atoms with Gasteiger partial charge in [0.1, 0.15) is 10.8 Å². The number of hydrogen-bond donors (Lipinski definition) is 1. The average molecular weight is 512 g/mol. The Bertz CT molecular complexity index is 1240. The Kier molecular flexibility index (Phi) is 8.12. The van der Waals surface area contributed by atoms with Crippen molar-refractivity contribution in [2.24, 2.45) is 5.92 Å². The first-order valence-corrected chi connectivity index (χ1v) is 12.1. The third-order valence-corrected chi connectivity index (χ3v) is 6.40. The first-order chi connectivity index (χ1) is 17.3. The van der Waals surface area contributed by atoms with E-state index in [2.05, 4.69) is 10.4 Å². The maximum Gasteiger partial charge on any atom is 0.414 e. The van der Waals surface area contributed by atoms with Gasteiger partial charge in [-0.25, -0.2) is 4.79 Å². The molecule has 0 bridgehead atoms. The van der Waals surface area contributed by atoms with Crippen LogP contribution >= 0.6 is 11.6 Å². The zero-order chi connectivity index (χ0) is 25.7. The SMILES string of the molecule is CN(C)C(=O)Oc1ccc(N(C)c2ccc(-n3ncc(NC[C@H]4CCCOC4)c(Cl)c3=O)cc2)cc1. The van der Waals surface area contributed by atoms with Gasteiger partial charge in [-0.2, -0.15) is 9.78 Å². The topological polar surface area (TPSA) is 88.9 Å². The van der Waals surface area contributed by atoms with Crippen LogP contribution in [-0.2, 0) is 4.74 Å². The molecule has 1 saturated heterocycles. The Morgan fingerprint density at radius 1 is 1.14 bits per heavy atom. The van der Waals surface area contributed by atoms with Crippen LogP contribution in [0, 0.1) is 5.92 Å². The van der Waals surface area contributed by atoms with E-state index in [0.717, 1.165) is 30.8 Å². The van der Waals surface area contributed by atoms with E-state index < -0.39 is 6.09 Å². The van der Waals surface area contributed by atoms with Crippen molar-refractivity contribution in [3.05, 3.63) is 70.1 Å². The van der Waals surface area contributed by atoms with Crippen molar-refractivity contribution in [3.63, 3.8) is 0 Å². The Balaban J connectivity index is 1.43. The number of amides is 1. The molecule has 36 heavy (non-hydrogen) atoms. The minimum absolute atomic E-state index is 0.109. The standard InChI is InChI=1S/C26H30ClN5O4/c1-30(2)26(34)36-22-12-10-20(11-13-22)31(3)19-6-8-21(9-7-19)32-25(33)24(27)23(16-29-32)28-15-18-5-4-14-35-17-18/h6-13,16,18,28H,4-5,14-15,17H2,1-3H3/t18-/m1/s1. The van der Waals surface area contributed by atoms with Crippen LogP contribution in [0.15, 0.2) is 59.5 Å². The maximum absolute atomic E-state index is 12.9. The van der Waals surface area contributed by atoms with Gasteiger partial charge in [0.15, 0.2) is 0 Å². The molecule has 0 saturated carbocycles. The molecule has 4 rings (SSSR count). The molecule has 1 amide bonds. The predicted octanol–water partition coefficient (Wildman–Crippen LogP) is 4.55. The van der Waals surface area contributed by atoms with E-state index in [1.807, 2.05) is 48.3 Å². The van der Waals surface area contributed by atoms with Gasteiger partial charge in [0.25, 0.3) is 5.56 Å². The van der Waals surface area contributed by atoms with Crippen LogP contribution < -0.4 is 20.5 Å². The second kappa shape index (κ2) is 11.5. The summed E-state index contributed by atoms with van der Waals surface area (Å²) in [6.45, 7) is 2.21. The zero-order valence-electron chi connectivity index (χ0n) is 20.6. The van der Waals surface area contributed by atoms with Crippen molar-refractivity contribution in [1.29, 1.82) is 0 Å². The molecule has 0 radical (unpaired) electrons. The Labute approximate surface area is 215 Å². The van der Waals surface area contributed by atoms with Gasteiger partial charge in [0.05, 0.1) is 24.2 Å². The molecule has 2 heterocycles. The van der Waals surface area contributed by atoms with Crippen LogP contribution in [0.2, 0.25) is 5.02 Å². The summed E-state index contributed by atoms with van der Waals surface area (Å²) >= 11 is 6.38. The van der Waals surface area contributed by atoms with Crippen LogP contribution in [0.5, 0.6) is 5.75 Å². The molecule has 9 nitrogen and oxygen atoms in total. The number of rotatable bonds is 7. The molecule has 0 aliphatic carbocycles. The number of hydrogen-bond acceptors (Lipinski definition) is 7. The second-order valence-electron chi connectivity index (χ2n) is 8.88. The fourth-order valence-corrected chi connectivity index (χ4v) is 4.05. The van der Waals surface area contributed by atoms with Crippen molar-refractivity contribution in [3.8, 4) is 11.4 Å². The van der Waals surface area contributed by atoms with Crippen molar-refractivity contribution in [2.75, 3.05) is 51.1 Å². The lowest BCUT2D eigenvalue weighted by Gasteiger charge is -2.23. The summed E-state index contributed by atoms with van der Waals surface area (Å²) in [6, 6.07) is 14.6. The lowest BCUT2D eigenvalue weighted by Crippen LogP contribution is -2.26. The summed E-state index contributed by atoms with van der Waals surface area (Å²) in [7, 11) is 5.19. The molecule has 1 fully saturated rings. The number of ether oxygens (including phenoxy) is 2. The molecule has 1 aromatic heterocycles. The number of halogens is 1. The molecular weight excluding hydrogens is 482 g/mol. The van der Waals surface area contributed by atoms with Gasteiger partial charge in [-0.1, -0.05) is 11.6 Å². The van der Waals surface area contributed by atoms with E-state index in [4.69, 9.17) is 21.1 Å². The highest BCUT2D eigenvalue weighted by Crippen LogP contribution is 2.27. The van der Waals surface area contributed by atoms with Crippen molar-refractivity contribution in [1.82, 2.24) is 14.7 Å². The van der Waals surface area contributed by atoms with Crippen LogP contribution in [-0.4, -0.2) is 61.7 Å². The zero-order valence-corrected chi connectivity index (χ0v) is 21.4. The monoisotopic (exact) mass is 511 g/mol. The van der Waals surface area contributed by atoms with Gasteiger partial charge in [0, 0.05) is 45.7 Å². The van der Waals surface area contributed by atoms with Gasteiger partial charge >= 0.3 is 6.09 Å². The molecule has 1 atom stereocenters. The van der Waals surface area contributed by atoms with E-state index in [-0.39, 0.29) is 10.6 Å². The summed E-state index contributed by atoms with van der Waals surface area (Å²) in [5, 5.41) is 7.67. The van der Waals surface area contributed by atoms with Crippen molar-refractivity contribution in [2.45, 2.75) is 12.8 Å². The van der Waals surface area contributed by atoms with Crippen LogP contribution in [0.4, 0.5) is 21.9 Å². The van der Waals surface area contributed by atoms with Gasteiger partial charge in [-0.3, -0.25) is 4.79 Å². The van der Waals surface area contributed by atoms with E-state index in [1.165, 1.54) is 9.58 Å². The van der Waals surface area contributed by atoms with Crippen LogP contribution in [0.25, 0.3) is 5.69 Å². The number of carbonyl (C=O) groups excluding carboxylic acids is 1. The van der Waals surface area contributed by atoms with Crippen LogP contribution in [0.3, 0.4) is 0 Å². The van der Waals surface area contributed by atoms with Crippen molar-refractivity contribution < 1.29 is 14.3 Å². The van der Waals surface area contributed by atoms with E-state index in [1.54, 1.807) is 32.4 Å². The normalized spacial score (nSPS) is 15.3. The predicted molar refractivity (Wildman–Crippen MR) is 141 cm³/mol. The largest absolute Gasteiger partial charge is 0.414 e. The average Bonchev–Trinajstić information content (AvgIpc) is 2.90. The fraction of sp³-hybridized carbons (Fsp3) is 0.346. The number of anilines is 3. The highest BCUT2D eigenvalue weighted by molar-refractivity contribution is 6.32. The number of nitrogens with one attached hydrogen (secondary N) is 1. The minimum atomic E-state index is -0.432. The second-order valence-corrected chi connectivity index (χ2v) is 9.26. The summed E-state index contributed by atoms with van der Waals surface area (Å²) in [5.74, 6) is 0.861. The van der Waals surface area contributed by atoms with E-state index in [0.29, 0.717) is 36.2 Å². The van der Waals surface area contributed by atoms with Crippen molar-refractivity contribution >= 4 is 34.8 Å². The lowest BCUT2D eigenvalue weighted by atomic mass is 10.0. The summed E-state index contributed by atoms with van der Waals surface area (Å²) in [4.78, 5) is 27.9. The van der Waals surface area contributed by atoms with Gasteiger partial charge in [-0.15, -0.1) is 0 Å². The van der Waals surface area contributed by atoms with E-state index >= 15 is 0 Å². The Hall–Kier alpha value is -3.56. The quantitative estimate of drug-likeness (QED) is 0.497. The molecule has 190 valence electrons. The molecule has 1 aliphatic heterocycles. The molecule has 2 aromatic carbocycles. The van der Waals surface area contributed by atoms with Gasteiger partial charge in [0.2, 0.25) is 0 Å². The smallest absolute Gasteiger partial charge is 0.410 e. The maximum atomic E-state index is 12.9. The highest BCUT2D eigenvalue weighted by atomic mass is 35.5. The Morgan fingerprint density at radius 2 is 1.81 bits per heavy atom. The molecule has 3 aromatic rings. The Morgan fingerprint density at radius 3 is 2.42 bits per heavy atom. The van der Waals surface area contributed by atoms with Gasteiger partial charge in [-0.05, 0) is 67.3 Å². The summed E-state index contributed by atoms with van der Waals surface area (Å²) < 4.78 is 12.1. The first-order valence-electron chi connectivity index (χ1n) is 11.8. The third-order valence-electron chi connectivity index (χ3n) is 6.03. The molecular formula is C26H30ClN5O4. The summed E-state index contributed by atoms with van der Waals surface area (Å²) in [6.07, 6.45) is 3.28.